The average molecular weight is 390 g/mol. The van der Waals surface area contributed by atoms with Gasteiger partial charge in [-0.3, -0.25) is 19.8 Å². The number of aromatic nitrogens is 1. The Morgan fingerprint density at radius 1 is 1.14 bits per heavy atom. The summed E-state index contributed by atoms with van der Waals surface area (Å²) in [5.41, 5.74) is 4.25. The van der Waals surface area contributed by atoms with Crippen molar-refractivity contribution in [3.05, 3.63) is 78.8 Å². The molecule has 0 spiro atoms. The number of nitrogens with one attached hydrogen (secondary N) is 1. The molecule has 0 fully saturated rings. The Balaban J connectivity index is 1.80. The Labute approximate surface area is 168 Å². The Morgan fingerprint density at radius 3 is 2.48 bits per heavy atom. The Kier molecular flexibility index (Phi) is 6.01. The summed E-state index contributed by atoms with van der Waals surface area (Å²) in [5, 5.41) is 12.2. The van der Waals surface area contributed by atoms with Crippen LogP contribution in [-0.2, 0) is 4.79 Å². The van der Waals surface area contributed by atoms with E-state index in [1.54, 1.807) is 23.8 Å². The Morgan fingerprint density at radius 2 is 1.83 bits per heavy atom. The van der Waals surface area contributed by atoms with Crippen LogP contribution in [0, 0.1) is 5.92 Å². The third-order valence-corrected chi connectivity index (χ3v) is 4.85. The molecule has 2 aromatic carbocycles. The number of nitrogens with zero attached hydrogens (tertiary/aromatic N) is 2. The fraction of sp³-hybridized carbons (Fsp3) is 0.136. The summed E-state index contributed by atoms with van der Waals surface area (Å²) in [6.07, 6.45) is 3.40. The molecule has 3 rings (SSSR count). The van der Waals surface area contributed by atoms with Gasteiger partial charge in [-0.05, 0) is 28.6 Å². The number of rotatable bonds is 7. The van der Waals surface area contributed by atoms with Gasteiger partial charge in [0.1, 0.15) is 0 Å². The summed E-state index contributed by atoms with van der Waals surface area (Å²) >= 11 is 0. The van der Waals surface area contributed by atoms with Crippen molar-refractivity contribution >= 4 is 22.5 Å². The number of benzene rings is 2. The van der Waals surface area contributed by atoms with E-state index < -0.39 is 11.8 Å². The van der Waals surface area contributed by atoms with Crippen molar-refractivity contribution in [2.45, 2.75) is 6.42 Å². The minimum absolute atomic E-state index is 0.158. The SMILES string of the molecule is C=C(C(CC(=O)c1ccc(-c2ccc3cnccc3c2)cc1)C(=O)NO)N(C)N. The molecule has 1 aromatic heterocycles. The number of carbonyl (C=O) groups is 2. The van der Waals surface area contributed by atoms with E-state index in [9.17, 15) is 9.59 Å². The van der Waals surface area contributed by atoms with Gasteiger partial charge < -0.3 is 5.01 Å². The molecule has 7 heteroatoms. The highest BCUT2D eigenvalue weighted by Gasteiger charge is 2.26. The minimum Gasteiger partial charge on any atom is -0.318 e. The molecule has 1 heterocycles. The monoisotopic (exact) mass is 390 g/mol. The van der Waals surface area contributed by atoms with Gasteiger partial charge in [0.2, 0.25) is 0 Å². The highest BCUT2D eigenvalue weighted by molar-refractivity contribution is 5.99. The summed E-state index contributed by atoms with van der Waals surface area (Å²) in [7, 11) is 1.51. The maximum atomic E-state index is 12.7. The van der Waals surface area contributed by atoms with Crippen molar-refractivity contribution in [2.24, 2.45) is 11.8 Å². The Hall–Kier alpha value is -3.55. The van der Waals surface area contributed by atoms with Gasteiger partial charge in [-0.2, -0.15) is 0 Å². The van der Waals surface area contributed by atoms with E-state index in [0.29, 0.717) is 5.56 Å². The van der Waals surface area contributed by atoms with E-state index in [-0.39, 0.29) is 17.9 Å². The van der Waals surface area contributed by atoms with Gasteiger partial charge in [0.15, 0.2) is 5.78 Å². The predicted molar refractivity (Wildman–Crippen MR) is 111 cm³/mol. The third-order valence-electron chi connectivity index (χ3n) is 4.85. The minimum atomic E-state index is -0.962. The van der Waals surface area contributed by atoms with Crippen LogP contribution in [0.3, 0.4) is 0 Å². The molecule has 0 aliphatic heterocycles. The summed E-state index contributed by atoms with van der Waals surface area (Å²) < 4.78 is 0. The molecule has 7 nitrogen and oxygen atoms in total. The maximum absolute atomic E-state index is 12.7. The van der Waals surface area contributed by atoms with E-state index in [1.165, 1.54) is 7.05 Å². The lowest BCUT2D eigenvalue weighted by Crippen LogP contribution is -2.38. The number of Topliss-reactive ketones (excluding diaryl/α,β-unsaturated/α-hetero) is 1. The van der Waals surface area contributed by atoms with Crippen LogP contribution in [-0.4, -0.2) is 33.9 Å². The van der Waals surface area contributed by atoms with E-state index in [4.69, 9.17) is 11.0 Å². The van der Waals surface area contributed by atoms with Crippen LogP contribution in [0.25, 0.3) is 21.9 Å². The number of amides is 1. The van der Waals surface area contributed by atoms with Gasteiger partial charge in [0.25, 0.3) is 5.91 Å². The van der Waals surface area contributed by atoms with Crippen LogP contribution in [0.2, 0.25) is 0 Å². The quantitative estimate of drug-likeness (QED) is 0.248. The van der Waals surface area contributed by atoms with Crippen LogP contribution in [0.5, 0.6) is 0 Å². The molecule has 0 aliphatic carbocycles. The van der Waals surface area contributed by atoms with Crippen molar-refractivity contribution in [3.8, 4) is 11.1 Å². The van der Waals surface area contributed by atoms with Crippen molar-refractivity contribution < 1.29 is 14.8 Å². The molecule has 29 heavy (non-hydrogen) atoms. The summed E-state index contributed by atoms with van der Waals surface area (Å²) in [5.74, 6) is 3.68. The molecule has 1 unspecified atom stereocenters. The van der Waals surface area contributed by atoms with Gasteiger partial charge >= 0.3 is 0 Å². The molecule has 148 valence electrons. The van der Waals surface area contributed by atoms with Gasteiger partial charge in [0, 0.05) is 42.5 Å². The van der Waals surface area contributed by atoms with Crippen LogP contribution in [0.1, 0.15) is 16.8 Å². The second-order valence-electron chi connectivity index (χ2n) is 6.77. The first-order chi connectivity index (χ1) is 13.9. The number of ketones is 1. The zero-order valence-electron chi connectivity index (χ0n) is 16.0. The number of nitrogens with two attached hydrogens (primary N) is 1. The van der Waals surface area contributed by atoms with Crippen molar-refractivity contribution in [3.63, 3.8) is 0 Å². The molecule has 0 radical (unpaired) electrons. The maximum Gasteiger partial charge on any atom is 0.252 e. The molecule has 0 saturated heterocycles. The number of pyridine rings is 1. The molecule has 1 amide bonds. The molecule has 3 aromatic rings. The number of hydrazine groups is 1. The molecular formula is C22H22N4O3. The predicted octanol–water partition coefficient (Wildman–Crippen LogP) is 2.92. The number of hydrogen-bond donors (Lipinski definition) is 3. The number of hydroxylamine groups is 1. The zero-order valence-corrected chi connectivity index (χ0v) is 16.0. The fourth-order valence-electron chi connectivity index (χ4n) is 3.10. The smallest absolute Gasteiger partial charge is 0.252 e. The summed E-state index contributed by atoms with van der Waals surface area (Å²) in [6.45, 7) is 3.72. The van der Waals surface area contributed by atoms with E-state index >= 15 is 0 Å². The van der Waals surface area contributed by atoms with Gasteiger partial charge in [-0.15, -0.1) is 0 Å². The lowest BCUT2D eigenvalue weighted by atomic mass is 9.93. The largest absolute Gasteiger partial charge is 0.318 e. The average Bonchev–Trinajstić information content (AvgIpc) is 2.76. The fourth-order valence-corrected chi connectivity index (χ4v) is 3.10. The molecule has 0 bridgehead atoms. The highest BCUT2D eigenvalue weighted by Crippen LogP contribution is 2.25. The number of fused-ring (bicyclic) bond motifs is 1. The normalized spacial score (nSPS) is 11.7. The van der Waals surface area contributed by atoms with Gasteiger partial charge in [0.05, 0.1) is 5.92 Å². The zero-order chi connectivity index (χ0) is 21.0. The number of carbonyl (C=O) groups excluding carboxylic acids is 2. The number of hydrogen-bond acceptors (Lipinski definition) is 6. The van der Waals surface area contributed by atoms with Crippen molar-refractivity contribution in [1.82, 2.24) is 15.5 Å². The van der Waals surface area contributed by atoms with E-state index in [0.717, 1.165) is 26.9 Å². The van der Waals surface area contributed by atoms with E-state index in [1.807, 2.05) is 36.5 Å². The van der Waals surface area contributed by atoms with Crippen LogP contribution >= 0.6 is 0 Å². The molecule has 1 atom stereocenters. The third kappa shape index (κ3) is 4.48. The first kappa shape index (κ1) is 20.2. The standard InChI is InChI=1S/C22H22N4O3/c1-14(26(2)23)20(22(28)25-29)12-21(27)16-5-3-15(4-6-16)17-7-8-19-13-24-10-9-18(19)11-17/h3-11,13,20,29H,1,12,23H2,2H3,(H,25,28). The second kappa shape index (κ2) is 8.64. The van der Waals surface area contributed by atoms with Gasteiger partial charge in [-0.25, -0.2) is 11.3 Å². The van der Waals surface area contributed by atoms with Crippen LogP contribution in [0.4, 0.5) is 0 Å². The lowest BCUT2D eigenvalue weighted by molar-refractivity contribution is -0.132. The van der Waals surface area contributed by atoms with Crippen molar-refractivity contribution in [2.75, 3.05) is 7.05 Å². The first-order valence-electron chi connectivity index (χ1n) is 8.99. The lowest BCUT2D eigenvalue weighted by Gasteiger charge is -2.22. The first-order valence-corrected chi connectivity index (χ1v) is 8.99. The van der Waals surface area contributed by atoms with Crippen molar-refractivity contribution in [1.29, 1.82) is 0 Å². The van der Waals surface area contributed by atoms with E-state index in [2.05, 4.69) is 17.6 Å². The van der Waals surface area contributed by atoms with Gasteiger partial charge in [-0.1, -0.05) is 43.0 Å². The molecule has 4 N–H and O–H groups in total. The van der Waals surface area contributed by atoms with Crippen LogP contribution in [0.15, 0.2) is 73.2 Å². The topological polar surface area (TPSA) is 109 Å². The molecule has 0 saturated carbocycles. The molecule has 0 aliphatic rings. The summed E-state index contributed by atoms with van der Waals surface area (Å²) in [4.78, 5) is 28.7. The highest BCUT2D eigenvalue weighted by atomic mass is 16.5. The second-order valence-corrected chi connectivity index (χ2v) is 6.77. The Bertz CT molecular complexity index is 1060. The summed E-state index contributed by atoms with van der Waals surface area (Å²) in [6, 6.07) is 15.2. The van der Waals surface area contributed by atoms with Crippen LogP contribution < -0.4 is 11.3 Å². The molecular weight excluding hydrogens is 368 g/mol.